The maximum atomic E-state index is 8.58. The van der Waals surface area contributed by atoms with Crippen LogP contribution in [0.2, 0.25) is 0 Å². The van der Waals surface area contributed by atoms with E-state index >= 15 is 0 Å². The van der Waals surface area contributed by atoms with E-state index in [2.05, 4.69) is 10.5 Å². The van der Waals surface area contributed by atoms with Gasteiger partial charge in [0, 0.05) is 19.1 Å². The summed E-state index contributed by atoms with van der Waals surface area (Å²) in [5.74, 6) is 0.268. The molecule has 0 spiro atoms. The molecule has 0 saturated carbocycles. The smallest absolute Gasteiger partial charge is 0.144 e. The third-order valence-electron chi connectivity index (χ3n) is 2.56. The number of amidine groups is 1. The Kier molecular flexibility index (Phi) is 6.27. The van der Waals surface area contributed by atoms with Crippen molar-refractivity contribution >= 4 is 5.84 Å². The van der Waals surface area contributed by atoms with Crippen molar-refractivity contribution < 1.29 is 9.94 Å². The van der Waals surface area contributed by atoms with Gasteiger partial charge in [0.15, 0.2) is 0 Å². The van der Waals surface area contributed by atoms with Crippen LogP contribution in [0.1, 0.15) is 27.2 Å². The van der Waals surface area contributed by atoms with E-state index in [9.17, 15) is 0 Å². The molecule has 1 unspecified atom stereocenters. The summed E-state index contributed by atoms with van der Waals surface area (Å²) in [5.41, 5.74) is 5.29. The van der Waals surface area contributed by atoms with Crippen molar-refractivity contribution in [3.63, 3.8) is 0 Å². The van der Waals surface area contributed by atoms with Crippen LogP contribution < -0.4 is 11.1 Å². The SMILES string of the molecule is COC(C)CNCCC(C)(C)C(N)=NO. The van der Waals surface area contributed by atoms with E-state index in [0.29, 0.717) is 0 Å². The van der Waals surface area contributed by atoms with Gasteiger partial charge < -0.3 is 21.0 Å². The van der Waals surface area contributed by atoms with Gasteiger partial charge in [-0.05, 0) is 19.9 Å². The van der Waals surface area contributed by atoms with Crippen molar-refractivity contribution in [2.75, 3.05) is 20.2 Å². The molecule has 0 amide bonds. The maximum absolute atomic E-state index is 8.58. The summed E-state index contributed by atoms with van der Waals surface area (Å²) in [7, 11) is 1.69. The van der Waals surface area contributed by atoms with Gasteiger partial charge in [0.25, 0.3) is 0 Å². The van der Waals surface area contributed by atoms with Crippen LogP contribution >= 0.6 is 0 Å². The fraction of sp³-hybridized carbons (Fsp3) is 0.900. The molecule has 0 radical (unpaired) electrons. The van der Waals surface area contributed by atoms with Crippen LogP contribution in [-0.2, 0) is 4.74 Å². The third kappa shape index (κ3) is 5.59. The zero-order valence-electron chi connectivity index (χ0n) is 10.1. The van der Waals surface area contributed by atoms with Gasteiger partial charge in [-0.1, -0.05) is 19.0 Å². The second-order valence-corrected chi connectivity index (χ2v) is 4.37. The molecule has 0 aromatic rings. The highest BCUT2D eigenvalue weighted by atomic mass is 16.5. The lowest BCUT2D eigenvalue weighted by Gasteiger charge is -2.23. The summed E-state index contributed by atoms with van der Waals surface area (Å²) in [6, 6.07) is 0. The first-order valence-electron chi connectivity index (χ1n) is 5.15. The molecule has 0 aliphatic rings. The number of methoxy groups -OCH3 is 1. The van der Waals surface area contributed by atoms with Crippen molar-refractivity contribution in [1.82, 2.24) is 5.32 Å². The first-order valence-corrected chi connectivity index (χ1v) is 5.15. The first kappa shape index (κ1) is 14.2. The fourth-order valence-electron chi connectivity index (χ4n) is 1.05. The van der Waals surface area contributed by atoms with Crippen molar-refractivity contribution in [3.8, 4) is 0 Å². The summed E-state index contributed by atoms with van der Waals surface area (Å²) >= 11 is 0. The van der Waals surface area contributed by atoms with E-state index < -0.39 is 0 Å². The van der Waals surface area contributed by atoms with Gasteiger partial charge in [-0.15, -0.1) is 0 Å². The minimum atomic E-state index is -0.280. The molecule has 0 aromatic heterocycles. The van der Waals surface area contributed by atoms with Crippen LogP contribution in [0.4, 0.5) is 0 Å². The Balaban J connectivity index is 3.76. The van der Waals surface area contributed by atoms with E-state index in [4.69, 9.17) is 15.7 Å². The van der Waals surface area contributed by atoms with Crippen molar-refractivity contribution in [2.45, 2.75) is 33.3 Å². The number of hydrogen-bond donors (Lipinski definition) is 3. The average molecular weight is 217 g/mol. The maximum Gasteiger partial charge on any atom is 0.144 e. The van der Waals surface area contributed by atoms with Crippen LogP contribution in [-0.4, -0.2) is 37.3 Å². The second kappa shape index (κ2) is 6.63. The molecule has 0 heterocycles. The van der Waals surface area contributed by atoms with Gasteiger partial charge in [-0.25, -0.2) is 0 Å². The van der Waals surface area contributed by atoms with Gasteiger partial charge >= 0.3 is 0 Å². The lowest BCUT2D eigenvalue weighted by molar-refractivity contribution is 0.117. The van der Waals surface area contributed by atoms with Crippen LogP contribution in [0.25, 0.3) is 0 Å². The van der Waals surface area contributed by atoms with Gasteiger partial charge in [0.2, 0.25) is 0 Å². The molecular weight excluding hydrogens is 194 g/mol. The van der Waals surface area contributed by atoms with E-state index in [-0.39, 0.29) is 17.4 Å². The number of oxime groups is 1. The standard InChI is InChI=1S/C10H23N3O2/c1-8(15-4)7-12-6-5-10(2,3)9(11)13-14/h8,12,14H,5-7H2,1-4H3,(H2,11,13). The predicted octanol–water partition coefficient (Wildman–Crippen LogP) is 0.774. The molecule has 0 bridgehead atoms. The first-order chi connectivity index (χ1) is 6.94. The van der Waals surface area contributed by atoms with E-state index in [1.165, 1.54) is 0 Å². The Morgan fingerprint density at radius 1 is 1.60 bits per heavy atom. The number of hydrogen-bond acceptors (Lipinski definition) is 4. The Bertz CT molecular complexity index is 205. The van der Waals surface area contributed by atoms with Crippen LogP contribution in [0.15, 0.2) is 5.16 Å². The number of ether oxygens (including phenoxy) is 1. The van der Waals surface area contributed by atoms with Crippen LogP contribution in [0.5, 0.6) is 0 Å². The topological polar surface area (TPSA) is 79.9 Å². The molecule has 0 aliphatic carbocycles. The molecule has 5 heteroatoms. The fourth-order valence-corrected chi connectivity index (χ4v) is 1.05. The third-order valence-corrected chi connectivity index (χ3v) is 2.56. The zero-order valence-corrected chi connectivity index (χ0v) is 10.1. The quantitative estimate of drug-likeness (QED) is 0.193. The second-order valence-electron chi connectivity index (χ2n) is 4.37. The molecule has 0 fully saturated rings. The highest BCUT2D eigenvalue weighted by Crippen LogP contribution is 2.19. The number of rotatable bonds is 7. The van der Waals surface area contributed by atoms with Crippen molar-refractivity contribution in [1.29, 1.82) is 0 Å². The van der Waals surface area contributed by atoms with Crippen LogP contribution in [0.3, 0.4) is 0 Å². The van der Waals surface area contributed by atoms with Gasteiger partial charge in [0.1, 0.15) is 5.84 Å². The molecule has 0 rings (SSSR count). The molecule has 0 aromatic carbocycles. The predicted molar refractivity (Wildman–Crippen MR) is 61.1 cm³/mol. The Morgan fingerprint density at radius 3 is 2.67 bits per heavy atom. The highest BCUT2D eigenvalue weighted by Gasteiger charge is 2.22. The van der Waals surface area contributed by atoms with E-state index in [1.807, 2.05) is 20.8 Å². The van der Waals surface area contributed by atoms with Gasteiger partial charge in [-0.3, -0.25) is 0 Å². The summed E-state index contributed by atoms with van der Waals surface area (Å²) in [6.07, 6.45) is 1.02. The highest BCUT2D eigenvalue weighted by molar-refractivity contribution is 5.85. The summed E-state index contributed by atoms with van der Waals surface area (Å²) in [4.78, 5) is 0. The average Bonchev–Trinajstić information content (AvgIpc) is 2.22. The van der Waals surface area contributed by atoms with Crippen LogP contribution in [0, 0.1) is 5.41 Å². The van der Waals surface area contributed by atoms with E-state index in [1.54, 1.807) is 7.11 Å². The normalized spacial score (nSPS) is 15.3. The number of nitrogens with two attached hydrogens (primary N) is 1. The Labute approximate surface area is 91.7 Å². The molecule has 15 heavy (non-hydrogen) atoms. The zero-order chi connectivity index (χ0) is 11.9. The Hall–Kier alpha value is -0.810. The van der Waals surface area contributed by atoms with Gasteiger partial charge in [0.05, 0.1) is 6.10 Å². The number of nitrogens with one attached hydrogen (secondary N) is 1. The monoisotopic (exact) mass is 217 g/mol. The van der Waals surface area contributed by atoms with Crippen molar-refractivity contribution in [3.05, 3.63) is 0 Å². The van der Waals surface area contributed by atoms with Crippen molar-refractivity contribution in [2.24, 2.45) is 16.3 Å². The molecule has 4 N–H and O–H groups in total. The minimum Gasteiger partial charge on any atom is -0.409 e. The van der Waals surface area contributed by atoms with E-state index in [0.717, 1.165) is 19.5 Å². The lowest BCUT2D eigenvalue weighted by Crippen LogP contribution is -2.36. The molecule has 0 aliphatic heterocycles. The molecule has 90 valence electrons. The molecule has 1 atom stereocenters. The van der Waals surface area contributed by atoms with Gasteiger partial charge in [-0.2, -0.15) is 0 Å². The lowest BCUT2D eigenvalue weighted by atomic mass is 9.88. The summed E-state index contributed by atoms with van der Waals surface area (Å²) in [6.45, 7) is 7.52. The molecule has 5 nitrogen and oxygen atoms in total. The minimum absolute atomic E-state index is 0.206. The summed E-state index contributed by atoms with van der Waals surface area (Å²) in [5, 5.41) is 14.9. The Morgan fingerprint density at radius 2 is 2.20 bits per heavy atom. The molecule has 0 saturated heterocycles. The number of nitrogens with zero attached hydrogens (tertiary/aromatic N) is 1. The summed E-state index contributed by atoms with van der Waals surface area (Å²) < 4.78 is 5.10. The molecular formula is C10H23N3O2. The largest absolute Gasteiger partial charge is 0.409 e.